The molecule has 0 spiro atoms. The van der Waals surface area contributed by atoms with E-state index in [1.54, 1.807) is 29.1 Å². The second kappa shape index (κ2) is 12.2. The van der Waals surface area contributed by atoms with E-state index in [1.807, 2.05) is 34.9 Å². The van der Waals surface area contributed by atoms with E-state index in [9.17, 15) is 14.0 Å². The number of carbonyl (C=O) groups is 2. The van der Waals surface area contributed by atoms with Crippen molar-refractivity contribution in [2.45, 2.75) is 19.8 Å². The Hall–Kier alpha value is -4.22. The van der Waals surface area contributed by atoms with Gasteiger partial charge in [0.1, 0.15) is 0 Å². The molecule has 6 rings (SSSR count). The maximum atomic E-state index is 14.6. The molecule has 0 atom stereocenters. The normalized spacial score (nSPS) is 16.0. The Labute approximate surface area is 253 Å². The lowest BCUT2D eigenvalue weighted by atomic mass is 9.96. The van der Waals surface area contributed by atoms with Crippen LogP contribution in [0.15, 0.2) is 48.9 Å². The van der Waals surface area contributed by atoms with Crippen LogP contribution < -0.4 is 15.4 Å². The molecule has 12 heteroatoms. The van der Waals surface area contributed by atoms with Gasteiger partial charge in [0.25, 0.3) is 5.91 Å². The van der Waals surface area contributed by atoms with Gasteiger partial charge in [0.05, 0.1) is 24.0 Å². The van der Waals surface area contributed by atoms with Crippen molar-refractivity contribution >= 4 is 40.6 Å². The first-order chi connectivity index (χ1) is 20.9. The lowest BCUT2D eigenvalue weighted by molar-refractivity contribution is -0.137. The highest BCUT2D eigenvalue weighted by molar-refractivity contribution is 6.33. The summed E-state index contributed by atoms with van der Waals surface area (Å²) in [5, 5.41) is 6.54. The zero-order valence-electron chi connectivity index (χ0n) is 24.1. The fraction of sp³-hybridized carbons (Fsp3) is 0.355. The molecule has 4 aromatic rings. The van der Waals surface area contributed by atoms with E-state index in [1.165, 1.54) is 13.2 Å². The average Bonchev–Trinajstić information content (AvgIpc) is 3.47. The lowest BCUT2D eigenvalue weighted by Crippen LogP contribution is -2.52. The summed E-state index contributed by atoms with van der Waals surface area (Å²) >= 11 is 6.33. The number of nitrogens with zero attached hydrogens (tertiary/aromatic N) is 5. The molecule has 0 bridgehead atoms. The standard InChI is InChI=1S/C31H33ClFN7O3/c1-19-17-21(3-4-22(19)31(42)39-15-13-38(14-16-39)30(41)20-7-9-34-10-8-20)37-28-29-36-18-24(40(29)12-11-35-28)23-5-6-25(43-2)27(33)26(23)32/h3-6,11-12,17-18,20,34H,7-10,13-16H2,1-2H3,(H,35,37). The highest BCUT2D eigenvalue weighted by Gasteiger charge is 2.30. The minimum Gasteiger partial charge on any atom is -0.494 e. The minimum atomic E-state index is -0.637. The van der Waals surface area contributed by atoms with Crippen molar-refractivity contribution in [2.24, 2.45) is 5.92 Å². The Kier molecular flexibility index (Phi) is 8.18. The number of aryl methyl sites for hydroxylation is 1. The van der Waals surface area contributed by atoms with E-state index in [2.05, 4.69) is 20.6 Å². The van der Waals surface area contributed by atoms with Crippen LogP contribution in [0.1, 0.15) is 28.8 Å². The zero-order chi connectivity index (χ0) is 30.1. The van der Waals surface area contributed by atoms with Crippen molar-refractivity contribution in [1.82, 2.24) is 29.5 Å². The van der Waals surface area contributed by atoms with Gasteiger partial charge in [0, 0.05) is 61.3 Å². The number of rotatable bonds is 6. The van der Waals surface area contributed by atoms with Gasteiger partial charge in [-0.05, 0) is 68.8 Å². The second-order valence-electron chi connectivity index (χ2n) is 10.9. The Balaban J connectivity index is 1.15. The Morgan fingerprint density at radius 2 is 1.81 bits per heavy atom. The number of piperazine rings is 1. The average molecular weight is 606 g/mol. The maximum absolute atomic E-state index is 14.6. The van der Waals surface area contributed by atoms with Crippen LogP contribution in [-0.4, -0.2) is 82.4 Å². The van der Waals surface area contributed by atoms with Gasteiger partial charge < -0.3 is 25.2 Å². The molecule has 0 unspecified atom stereocenters. The molecular formula is C31H33ClFN7O3. The number of aromatic nitrogens is 3. The molecule has 0 aliphatic carbocycles. The van der Waals surface area contributed by atoms with E-state index in [4.69, 9.17) is 16.3 Å². The largest absolute Gasteiger partial charge is 0.494 e. The van der Waals surface area contributed by atoms with Gasteiger partial charge in [-0.25, -0.2) is 14.4 Å². The highest BCUT2D eigenvalue weighted by Crippen LogP contribution is 2.36. The van der Waals surface area contributed by atoms with Crippen LogP contribution in [0.5, 0.6) is 5.75 Å². The van der Waals surface area contributed by atoms with Gasteiger partial charge in [0.15, 0.2) is 23.0 Å². The SMILES string of the molecule is COc1ccc(-c2cnc3c(Nc4ccc(C(=O)N5CCN(C(=O)C6CCNCC6)CC5)c(C)c4)nccn23)c(Cl)c1F. The van der Waals surface area contributed by atoms with Gasteiger partial charge in [-0.15, -0.1) is 0 Å². The van der Waals surface area contributed by atoms with Gasteiger partial charge >= 0.3 is 0 Å². The van der Waals surface area contributed by atoms with Crippen LogP contribution in [0.25, 0.3) is 16.9 Å². The van der Waals surface area contributed by atoms with Crippen LogP contribution in [0.3, 0.4) is 0 Å². The van der Waals surface area contributed by atoms with E-state index in [0.29, 0.717) is 54.5 Å². The molecular weight excluding hydrogens is 573 g/mol. The molecule has 2 N–H and O–H groups in total. The Morgan fingerprint density at radius 3 is 2.53 bits per heavy atom. The van der Waals surface area contributed by atoms with Crippen molar-refractivity contribution in [2.75, 3.05) is 51.7 Å². The number of nitrogens with one attached hydrogen (secondary N) is 2. The Morgan fingerprint density at radius 1 is 1.07 bits per heavy atom. The minimum absolute atomic E-state index is 0.0419. The summed E-state index contributed by atoms with van der Waals surface area (Å²) in [6.45, 7) is 5.82. The fourth-order valence-electron chi connectivity index (χ4n) is 5.84. The summed E-state index contributed by atoms with van der Waals surface area (Å²) in [7, 11) is 1.39. The van der Waals surface area contributed by atoms with Crippen molar-refractivity contribution in [3.05, 3.63) is 70.9 Å². The molecule has 0 radical (unpaired) electrons. The van der Waals surface area contributed by atoms with Gasteiger partial charge in [-0.3, -0.25) is 14.0 Å². The predicted molar refractivity (Wildman–Crippen MR) is 162 cm³/mol. The second-order valence-corrected chi connectivity index (χ2v) is 11.2. The number of fused-ring (bicyclic) bond motifs is 1. The molecule has 2 aliphatic rings. The topological polar surface area (TPSA) is 104 Å². The van der Waals surface area contributed by atoms with Crippen molar-refractivity contribution in [1.29, 1.82) is 0 Å². The summed E-state index contributed by atoms with van der Waals surface area (Å²) in [6.07, 6.45) is 6.71. The lowest BCUT2D eigenvalue weighted by Gasteiger charge is -2.37. The number of anilines is 2. The molecule has 2 saturated heterocycles. The molecule has 0 saturated carbocycles. The van der Waals surface area contributed by atoms with Crippen LogP contribution in [0.4, 0.5) is 15.9 Å². The van der Waals surface area contributed by atoms with E-state index in [-0.39, 0.29) is 28.5 Å². The monoisotopic (exact) mass is 605 g/mol. The molecule has 2 aromatic heterocycles. The number of carbonyl (C=O) groups excluding carboxylic acids is 2. The van der Waals surface area contributed by atoms with Crippen LogP contribution >= 0.6 is 11.6 Å². The molecule has 4 heterocycles. The third kappa shape index (κ3) is 5.62. The summed E-state index contributed by atoms with van der Waals surface area (Å²) in [4.78, 5) is 39.0. The molecule has 2 aliphatic heterocycles. The van der Waals surface area contributed by atoms with Crippen LogP contribution in [0, 0.1) is 18.7 Å². The quantitative estimate of drug-likeness (QED) is 0.333. The third-order valence-corrected chi connectivity index (χ3v) is 8.63. The van der Waals surface area contributed by atoms with Gasteiger partial charge in [-0.1, -0.05) is 11.6 Å². The first-order valence-electron chi connectivity index (χ1n) is 14.4. The number of hydrogen-bond acceptors (Lipinski definition) is 7. The molecule has 2 fully saturated rings. The zero-order valence-corrected chi connectivity index (χ0v) is 24.8. The molecule has 2 aromatic carbocycles. The van der Waals surface area contributed by atoms with Crippen molar-refractivity contribution in [3.8, 4) is 17.0 Å². The number of imidazole rings is 1. The fourth-order valence-corrected chi connectivity index (χ4v) is 6.09. The summed E-state index contributed by atoms with van der Waals surface area (Å²) in [5.41, 5.74) is 3.78. The maximum Gasteiger partial charge on any atom is 0.254 e. The molecule has 10 nitrogen and oxygen atoms in total. The number of piperidine rings is 1. The van der Waals surface area contributed by atoms with Crippen LogP contribution in [-0.2, 0) is 4.79 Å². The highest BCUT2D eigenvalue weighted by atomic mass is 35.5. The number of ether oxygens (including phenoxy) is 1. The first-order valence-corrected chi connectivity index (χ1v) is 14.7. The number of halogens is 2. The van der Waals surface area contributed by atoms with Crippen molar-refractivity contribution < 1.29 is 18.7 Å². The van der Waals surface area contributed by atoms with Crippen LogP contribution in [0.2, 0.25) is 5.02 Å². The molecule has 2 amide bonds. The predicted octanol–water partition coefficient (Wildman–Crippen LogP) is 4.53. The van der Waals surface area contributed by atoms with Gasteiger partial charge in [0.2, 0.25) is 5.91 Å². The summed E-state index contributed by atoms with van der Waals surface area (Å²) in [6, 6.07) is 8.75. The number of amides is 2. The number of methoxy groups -OCH3 is 1. The first kappa shape index (κ1) is 28.9. The van der Waals surface area contributed by atoms with E-state index in [0.717, 1.165) is 37.2 Å². The number of benzene rings is 2. The summed E-state index contributed by atoms with van der Waals surface area (Å²) < 4.78 is 21.4. The van der Waals surface area contributed by atoms with Gasteiger partial charge in [-0.2, -0.15) is 0 Å². The summed E-state index contributed by atoms with van der Waals surface area (Å²) in [5.74, 6) is 0.179. The van der Waals surface area contributed by atoms with Crippen molar-refractivity contribution in [3.63, 3.8) is 0 Å². The van der Waals surface area contributed by atoms with E-state index < -0.39 is 5.82 Å². The molecule has 43 heavy (non-hydrogen) atoms. The number of hydrogen-bond donors (Lipinski definition) is 2. The molecule has 224 valence electrons. The van der Waals surface area contributed by atoms with E-state index >= 15 is 0 Å². The third-order valence-electron chi connectivity index (χ3n) is 8.26. The Bertz CT molecular complexity index is 1680. The smallest absolute Gasteiger partial charge is 0.254 e.